The van der Waals surface area contributed by atoms with Gasteiger partial charge in [0.25, 0.3) is 0 Å². The Morgan fingerprint density at radius 3 is 2.84 bits per heavy atom. The molecule has 0 unspecified atom stereocenters. The number of thioether (sulfide) groups is 1. The van der Waals surface area contributed by atoms with Crippen LogP contribution in [0.25, 0.3) is 12.2 Å². The van der Waals surface area contributed by atoms with E-state index in [-0.39, 0.29) is 0 Å². The van der Waals surface area contributed by atoms with Gasteiger partial charge in [0.2, 0.25) is 0 Å². The molecule has 0 spiro atoms. The number of nitriles is 1. The van der Waals surface area contributed by atoms with Crippen LogP contribution in [0.2, 0.25) is 0 Å². The molecule has 1 aromatic carbocycles. The van der Waals surface area contributed by atoms with Crippen molar-refractivity contribution < 1.29 is 0 Å². The molecule has 2 rings (SSSR count). The molecule has 19 heavy (non-hydrogen) atoms. The Kier molecular flexibility index (Phi) is 4.78. The zero-order valence-corrected chi connectivity index (χ0v) is 12.7. The maximum Gasteiger partial charge on any atom is 0.0992 e. The summed E-state index contributed by atoms with van der Waals surface area (Å²) in [5.41, 5.74) is 2.55. The summed E-state index contributed by atoms with van der Waals surface area (Å²) in [6.07, 6.45) is 7.63. The highest BCUT2D eigenvalue weighted by Crippen LogP contribution is 2.26. The van der Waals surface area contributed by atoms with Gasteiger partial charge in [-0.05, 0) is 42.2 Å². The number of halogens is 1. The second-order valence-corrected chi connectivity index (χ2v) is 5.56. The zero-order chi connectivity index (χ0) is 13.7. The number of aromatic nitrogens is 1. The molecule has 0 aliphatic carbocycles. The highest BCUT2D eigenvalue weighted by Gasteiger charge is 1.99. The van der Waals surface area contributed by atoms with Gasteiger partial charge < -0.3 is 0 Å². The average molecular weight is 331 g/mol. The van der Waals surface area contributed by atoms with Crippen molar-refractivity contribution in [3.8, 4) is 6.07 Å². The highest BCUT2D eigenvalue weighted by molar-refractivity contribution is 9.10. The Morgan fingerprint density at radius 1 is 1.26 bits per heavy atom. The Balaban J connectivity index is 2.30. The maximum absolute atomic E-state index is 8.85. The lowest BCUT2D eigenvalue weighted by molar-refractivity contribution is 1.28. The Morgan fingerprint density at radius 2 is 2.11 bits per heavy atom. The van der Waals surface area contributed by atoms with Crippen LogP contribution >= 0.6 is 27.7 Å². The molecule has 4 heteroatoms. The van der Waals surface area contributed by atoms with Crippen LogP contribution in [0.15, 0.2) is 45.9 Å². The number of nitrogens with zero attached hydrogens (tertiary/aromatic N) is 2. The average Bonchev–Trinajstić information content (AvgIpc) is 2.46. The number of hydrogen-bond donors (Lipinski definition) is 0. The molecular formula is C15H11BrN2S. The predicted octanol–water partition coefficient (Wildman–Crippen LogP) is 4.61. The van der Waals surface area contributed by atoms with Crippen molar-refractivity contribution in [2.75, 3.05) is 6.26 Å². The second-order valence-electron chi connectivity index (χ2n) is 3.80. The van der Waals surface area contributed by atoms with Gasteiger partial charge >= 0.3 is 0 Å². The van der Waals surface area contributed by atoms with E-state index in [0.717, 1.165) is 15.7 Å². The van der Waals surface area contributed by atoms with Crippen molar-refractivity contribution in [1.29, 1.82) is 5.26 Å². The van der Waals surface area contributed by atoms with Crippen molar-refractivity contribution >= 4 is 39.8 Å². The van der Waals surface area contributed by atoms with E-state index < -0.39 is 0 Å². The molecule has 2 nitrogen and oxygen atoms in total. The lowest BCUT2D eigenvalue weighted by atomic mass is 10.2. The second kappa shape index (κ2) is 6.55. The molecule has 0 aliphatic heterocycles. The fraction of sp³-hybridized carbons (Fsp3) is 0.0667. The lowest BCUT2D eigenvalue weighted by Crippen LogP contribution is -1.83. The predicted molar refractivity (Wildman–Crippen MR) is 83.8 cm³/mol. The molecular weight excluding hydrogens is 320 g/mol. The summed E-state index contributed by atoms with van der Waals surface area (Å²) >= 11 is 5.16. The quantitative estimate of drug-likeness (QED) is 0.771. The van der Waals surface area contributed by atoms with Crippen LogP contribution in [-0.2, 0) is 0 Å². The summed E-state index contributed by atoms with van der Waals surface area (Å²) < 4.78 is 1.07. The first kappa shape index (κ1) is 13.9. The van der Waals surface area contributed by atoms with E-state index in [9.17, 15) is 0 Å². The maximum atomic E-state index is 8.85. The van der Waals surface area contributed by atoms with Gasteiger partial charge in [0.1, 0.15) is 0 Å². The van der Waals surface area contributed by atoms with E-state index in [0.29, 0.717) is 5.56 Å². The summed E-state index contributed by atoms with van der Waals surface area (Å²) in [6.45, 7) is 0. The minimum Gasteiger partial charge on any atom is -0.257 e. The van der Waals surface area contributed by atoms with Gasteiger partial charge in [0.05, 0.1) is 17.3 Å². The molecule has 0 radical (unpaired) electrons. The van der Waals surface area contributed by atoms with Gasteiger partial charge in [-0.15, -0.1) is 11.8 Å². The minimum absolute atomic E-state index is 0.621. The summed E-state index contributed by atoms with van der Waals surface area (Å²) in [5, 5.41) is 8.85. The Hall–Kier alpha value is -1.57. The molecule has 2 aromatic rings. The first-order chi connectivity index (χ1) is 9.22. The summed E-state index contributed by atoms with van der Waals surface area (Å²) in [7, 11) is 0. The molecule has 0 amide bonds. The van der Waals surface area contributed by atoms with Crippen molar-refractivity contribution in [3.05, 3.63) is 57.8 Å². The standard InChI is InChI=1S/C15H11BrN2S/c1-19-15-9-13(16)4-2-12(15)3-5-14-8-11(10-17)6-7-18-14/h2-9H,1H3/b5-3+. The fourth-order valence-corrected chi connectivity index (χ4v) is 2.74. The summed E-state index contributed by atoms with van der Waals surface area (Å²) in [5.74, 6) is 0. The molecule has 0 N–H and O–H groups in total. The van der Waals surface area contributed by atoms with Gasteiger partial charge in [-0.2, -0.15) is 5.26 Å². The smallest absolute Gasteiger partial charge is 0.0992 e. The molecule has 0 saturated carbocycles. The number of pyridine rings is 1. The molecule has 94 valence electrons. The third-order valence-corrected chi connectivity index (χ3v) is 3.83. The molecule has 0 bridgehead atoms. The Labute approximate surface area is 125 Å². The highest BCUT2D eigenvalue weighted by atomic mass is 79.9. The summed E-state index contributed by atoms with van der Waals surface area (Å²) in [4.78, 5) is 5.42. The van der Waals surface area contributed by atoms with E-state index >= 15 is 0 Å². The number of hydrogen-bond acceptors (Lipinski definition) is 3. The number of benzene rings is 1. The SMILES string of the molecule is CSc1cc(Br)ccc1/C=C/c1cc(C#N)ccn1. The molecule has 0 fully saturated rings. The van der Waals surface area contributed by atoms with Crippen LogP contribution in [0.3, 0.4) is 0 Å². The fourth-order valence-electron chi connectivity index (χ4n) is 1.61. The zero-order valence-electron chi connectivity index (χ0n) is 10.3. The topological polar surface area (TPSA) is 36.7 Å². The van der Waals surface area contributed by atoms with E-state index in [4.69, 9.17) is 5.26 Å². The lowest BCUT2D eigenvalue weighted by Gasteiger charge is -2.03. The Bertz CT molecular complexity index is 659. The molecule has 0 aliphatic rings. The van der Waals surface area contributed by atoms with E-state index in [1.54, 1.807) is 30.1 Å². The molecule has 1 aromatic heterocycles. The van der Waals surface area contributed by atoms with E-state index in [2.05, 4.69) is 39.1 Å². The molecule has 0 atom stereocenters. The third-order valence-electron chi connectivity index (χ3n) is 2.54. The van der Waals surface area contributed by atoms with Crippen LogP contribution in [0, 0.1) is 11.3 Å². The minimum atomic E-state index is 0.621. The van der Waals surface area contributed by atoms with Crippen molar-refractivity contribution in [2.45, 2.75) is 4.90 Å². The largest absolute Gasteiger partial charge is 0.257 e. The van der Waals surface area contributed by atoms with Crippen LogP contribution < -0.4 is 0 Å². The van der Waals surface area contributed by atoms with Crippen molar-refractivity contribution in [2.24, 2.45) is 0 Å². The first-order valence-corrected chi connectivity index (χ1v) is 7.62. The van der Waals surface area contributed by atoms with Crippen LogP contribution in [0.4, 0.5) is 0 Å². The summed E-state index contributed by atoms with van der Waals surface area (Å²) in [6, 6.07) is 11.7. The monoisotopic (exact) mass is 330 g/mol. The third kappa shape index (κ3) is 3.69. The van der Waals surface area contributed by atoms with Gasteiger partial charge in [0.15, 0.2) is 0 Å². The normalized spacial score (nSPS) is 10.6. The van der Waals surface area contributed by atoms with Crippen LogP contribution in [-0.4, -0.2) is 11.2 Å². The van der Waals surface area contributed by atoms with Crippen LogP contribution in [0.5, 0.6) is 0 Å². The van der Waals surface area contributed by atoms with Crippen molar-refractivity contribution in [1.82, 2.24) is 4.98 Å². The van der Waals surface area contributed by atoms with E-state index in [1.165, 1.54) is 4.90 Å². The van der Waals surface area contributed by atoms with Gasteiger partial charge in [0, 0.05) is 15.6 Å². The van der Waals surface area contributed by atoms with Gasteiger partial charge in [-0.1, -0.05) is 28.1 Å². The van der Waals surface area contributed by atoms with Crippen LogP contribution in [0.1, 0.15) is 16.8 Å². The van der Waals surface area contributed by atoms with Crippen molar-refractivity contribution in [3.63, 3.8) is 0 Å². The van der Waals surface area contributed by atoms with Gasteiger partial charge in [-0.3, -0.25) is 4.98 Å². The number of rotatable bonds is 3. The van der Waals surface area contributed by atoms with Gasteiger partial charge in [-0.25, -0.2) is 0 Å². The van der Waals surface area contributed by atoms with E-state index in [1.807, 2.05) is 24.5 Å². The first-order valence-electron chi connectivity index (χ1n) is 5.60. The molecule has 0 saturated heterocycles. The molecule has 1 heterocycles.